The molecule has 2 amide bonds. The Labute approximate surface area is 129 Å². The summed E-state index contributed by atoms with van der Waals surface area (Å²) in [6.45, 7) is 0.839. The van der Waals surface area contributed by atoms with Gasteiger partial charge in [-0.1, -0.05) is 0 Å². The van der Waals surface area contributed by atoms with Crippen LogP contribution in [0.4, 0.5) is 13.2 Å². The lowest BCUT2D eigenvalue weighted by Crippen LogP contribution is -2.45. The predicted octanol–water partition coefficient (Wildman–Crippen LogP) is 1.37. The molecule has 2 N–H and O–H groups in total. The van der Waals surface area contributed by atoms with Crippen LogP contribution in [0.15, 0.2) is 24.3 Å². The molecule has 0 aliphatic heterocycles. The van der Waals surface area contributed by atoms with Gasteiger partial charge in [-0.3, -0.25) is 9.59 Å². The SMILES string of the molecule is CC(C(=O)O)N(C)C(=O)CNC(=O)c1ccc(C(F)(F)F)cc1. The standard InChI is InChI=1S/C14H15F3N2O4/c1-8(13(22)23)19(2)11(20)7-18-12(21)9-3-5-10(6-4-9)14(15,16)17/h3-6,8H,7H2,1-2H3,(H,18,21)(H,22,23). The van der Waals surface area contributed by atoms with Crippen LogP contribution in [-0.2, 0) is 15.8 Å². The smallest absolute Gasteiger partial charge is 0.416 e. The number of hydrogen-bond acceptors (Lipinski definition) is 3. The second-order valence-corrected chi connectivity index (χ2v) is 4.78. The summed E-state index contributed by atoms with van der Waals surface area (Å²) in [5.74, 6) is -2.57. The predicted molar refractivity (Wildman–Crippen MR) is 73.6 cm³/mol. The van der Waals surface area contributed by atoms with Gasteiger partial charge in [-0.25, -0.2) is 4.79 Å². The fraction of sp³-hybridized carbons (Fsp3) is 0.357. The molecule has 1 rings (SSSR count). The Morgan fingerprint density at radius 3 is 2.17 bits per heavy atom. The second-order valence-electron chi connectivity index (χ2n) is 4.78. The Balaban J connectivity index is 2.63. The van der Waals surface area contributed by atoms with Gasteiger partial charge in [-0.2, -0.15) is 13.2 Å². The van der Waals surface area contributed by atoms with E-state index in [4.69, 9.17) is 5.11 Å². The molecule has 1 aromatic carbocycles. The van der Waals surface area contributed by atoms with Crippen LogP contribution >= 0.6 is 0 Å². The zero-order chi connectivity index (χ0) is 17.8. The molecular weight excluding hydrogens is 317 g/mol. The summed E-state index contributed by atoms with van der Waals surface area (Å²) in [5, 5.41) is 11.0. The van der Waals surface area contributed by atoms with E-state index in [0.29, 0.717) is 0 Å². The highest BCUT2D eigenvalue weighted by atomic mass is 19.4. The summed E-state index contributed by atoms with van der Waals surface area (Å²) in [6.07, 6.45) is -4.50. The molecule has 6 nitrogen and oxygen atoms in total. The third-order valence-corrected chi connectivity index (χ3v) is 3.21. The van der Waals surface area contributed by atoms with Crippen molar-refractivity contribution in [1.29, 1.82) is 0 Å². The monoisotopic (exact) mass is 332 g/mol. The maximum atomic E-state index is 12.4. The molecule has 0 aromatic heterocycles. The Hall–Kier alpha value is -2.58. The number of rotatable bonds is 5. The van der Waals surface area contributed by atoms with E-state index in [0.717, 1.165) is 29.2 Å². The van der Waals surface area contributed by atoms with Crippen LogP contribution < -0.4 is 5.32 Å². The molecule has 1 aromatic rings. The van der Waals surface area contributed by atoms with Crippen molar-refractivity contribution in [3.63, 3.8) is 0 Å². The quantitative estimate of drug-likeness (QED) is 0.852. The van der Waals surface area contributed by atoms with Gasteiger partial charge in [0.15, 0.2) is 0 Å². The third kappa shape index (κ3) is 4.97. The number of aliphatic carboxylic acids is 1. The first kappa shape index (κ1) is 18.5. The van der Waals surface area contributed by atoms with Crippen LogP contribution in [0, 0.1) is 0 Å². The van der Waals surface area contributed by atoms with Crippen molar-refractivity contribution >= 4 is 17.8 Å². The van der Waals surface area contributed by atoms with Crippen molar-refractivity contribution in [3.8, 4) is 0 Å². The average molecular weight is 332 g/mol. The lowest BCUT2D eigenvalue weighted by Gasteiger charge is -2.21. The number of amides is 2. The highest BCUT2D eigenvalue weighted by molar-refractivity contribution is 5.96. The van der Waals surface area contributed by atoms with Crippen molar-refractivity contribution in [2.45, 2.75) is 19.1 Å². The average Bonchev–Trinajstić information content (AvgIpc) is 2.49. The van der Waals surface area contributed by atoms with E-state index >= 15 is 0 Å². The van der Waals surface area contributed by atoms with Crippen LogP contribution in [0.25, 0.3) is 0 Å². The number of nitrogens with one attached hydrogen (secondary N) is 1. The summed E-state index contributed by atoms with van der Waals surface area (Å²) in [5.41, 5.74) is -0.931. The van der Waals surface area contributed by atoms with Gasteiger partial charge in [0, 0.05) is 12.6 Å². The maximum absolute atomic E-state index is 12.4. The molecule has 23 heavy (non-hydrogen) atoms. The summed E-state index contributed by atoms with van der Waals surface area (Å²) < 4.78 is 37.2. The molecule has 0 saturated heterocycles. The molecule has 0 saturated carbocycles. The van der Waals surface area contributed by atoms with Crippen molar-refractivity contribution in [3.05, 3.63) is 35.4 Å². The molecule has 0 radical (unpaired) electrons. The summed E-state index contributed by atoms with van der Waals surface area (Å²) in [4.78, 5) is 35.2. The third-order valence-electron chi connectivity index (χ3n) is 3.21. The zero-order valence-corrected chi connectivity index (χ0v) is 12.3. The minimum atomic E-state index is -4.50. The molecule has 0 aliphatic carbocycles. The Morgan fingerprint density at radius 2 is 1.74 bits per heavy atom. The Morgan fingerprint density at radius 1 is 1.22 bits per heavy atom. The van der Waals surface area contributed by atoms with Crippen LogP contribution in [0.1, 0.15) is 22.8 Å². The van der Waals surface area contributed by atoms with Gasteiger partial charge in [0.2, 0.25) is 5.91 Å². The maximum Gasteiger partial charge on any atom is 0.416 e. The lowest BCUT2D eigenvalue weighted by atomic mass is 10.1. The molecule has 0 aliphatic rings. The number of likely N-dealkylation sites (N-methyl/N-ethyl adjacent to an activating group) is 1. The van der Waals surface area contributed by atoms with Gasteiger partial charge >= 0.3 is 12.1 Å². The van der Waals surface area contributed by atoms with Gasteiger partial charge in [0.05, 0.1) is 12.1 Å². The zero-order valence-electron chi connectivity index (χ0n) is 12.3. The number of hydrogen-bond donors (Lipinski definition) is 2. The van der Waals surface area contributed by atoms with E-state index in [1.165, 1.54) is 14.0 Å². The Kier molecular flexibility index (Phi) is 5.72. The fourth-order valence-electron chi connectivity index (χ4n) is 1.57. The van der Waals surface area contributed by atoms with Gasteiger partial charge in [-0.05, 0) is 31.2 Å². The van der Waals surface area contributed by atoms with Crippen LogP contribution in [0.2, 0.25) is 0 Å². The first-order valence-corrected chi connectivity index (χ1v) is 6.48. The minimum absolute atomic E-state index is 0.0419. The van der Waals surface area contributed by atoms with E-state index in [2.05, 4.69) is 5.32 Å². The van der Waals surface area contributed by atoms with Gasteiger partial charge in [0.1, 0.15) is 6.04 Å². The number of carbonyl (C=O) groups is 3. The van der Waals surface area contributed by atoms with Gasteiger partial charge in [-0.15, -0.1) is 0 Å². The highest BCUT2D eigenvalue weighted by Gasteiger charge is 2.30. The lowest BCUT2D eigenvalue weighted by molar-refractivity contribution is -0.147. The summed E-state index contributed by atoms with van der Waals surface area (Å²) in [6, 6.07) is 2.44. The number of carbonyl (C=O) groups excluding carboxylic acids is 2. The van der Waals surface area contributed by atoms with Crippen molar-refractivity contribution in [2.75, 3.05) is 13.6 Å². The summed E-state index contributed by atoms with van der Waals surface area (Å²) in [7, 11) is 1.27. The number of nitrogens with zero attached hydrogens (tertiary/aromatic N) is 1. The largest absolute Gasteiger partial charge is 0.480 e. The highest BCUT2D eigenvalue weighted by Crippen LogP contribution is 2.28. The van der Waals surface area contributed by atoms with Crippen LogP contribution in [0.5, 0.6) is 0 Å². The molecule has 1 unspecified atom stereocenters. The van der Waals surface area contributed by atoms with E-state index < -0.39 is 42.1 Å². The van der Waals surface area contributed by atoms with Gasteiger partial charge < -0.3 is 15.3 Å². The van der Waals surface area contributed by atoms with E-state index in [1.807, 2.05) is 0 Å². The van der Waals surface area contributed by atoms with Crippen molar-refractivity contribution in [2.24, 2.45) is 0 Å². The molecular formula is C14H15F3N2O4. The van der Waals surface area contributed by atoms with Crippen LogP contribution in [0.3, 0.4) is 0 Å². The fourth-order valence-corrected chi connectivity index (χ4v) is 1.57. The molecule has 126 valence electrons. The Bertz CT molecular complexity index is 599. The topological polar surface area (TPSA) is 86.7 Å². The number of carboxylic acids is 1. The normalized spacial score (nSPS) is 12.4. The minimum Gasteiger partial charge on any atom is -0.480 e. The van der Waals surface area contributed by atoms with E-state index in [-0.39, 0.29) is 5.56 Å². The number of halogens is 3. The van der Waals surface area contributed by atoms with E-state index in [9.17, 15) is 27.6 Å². The molecule has 0 fully saturated rings. The number of alkyl halides is 3. The molecule has 0 heterocycles. The van der Waals surface area contributed by atoms with Crippen molar-refractivity contribution < 1.29 is 32.7 Å². The van der Waals surface area contributed by atoms with E-state index in [1.54, 1.807) is 0 Å². The van der Waals surface area contributed by atoms with Crippen LogP contribution in [-0.4, -0.2) is 47.4 Å². The van der Waals surface area contributed by atoms with Crippen molar-refractivity contribution in [1.82, 2.24) is 10.2 Å². The molecule has 0 spiro atoms. The second kappa shape index (κ2) is 7.12. The molecule has 0 bridgehead atoms. The summed E-state index contributed by atoms with van der Waals surface area (Å²) >= 11 is 0. The number of carboxylic acid groups (broad SMARTS) is 1. The van der Waals surface area contributed by atoms with Gasteiger partial charge in [0.25, 0.3) is 5.91 Å². The number of benzene rings is 1. The molecule has 1 atom stereocenters. The molecule has 9 heteroatoms. The first-order chi connectivity index (χ1) is 10.5. The first-order valence-electron chi connectivity index (χ1n) is 6.48.